The average Bonchev–Trinajstić information content (AvgIpc) is 3.45. The first-order valence-electron chi connectivity index (χ1n) is 13.5. The van der Waals surface area contributed by atoms with Gasteiger partial charge in [-0.2, -0.15) is 0 Å². The Labute approximate surface area is 245 Å². The van der Waals surface area contributed by atoms with Crippen LogP contribution in [0.1, 0.15) is 51.8 Å². The van der Waals surface area contributed by atoms with Crippen LogP contribution in [0.4, 0.5) is 15.8 Å². The fourth-order valence-electron chi connectivity index (χ4n) is 4.75. The standard InChI is InChI=1S/C32H35ClFN7/c1-7-20-16-36-29-25(28(20)37-19-31(2,3)4)13-22(14-26(29)33)38-30(27-17-41(40-39-27)32(5,6)18-34)24-10-8-9-21-15-35-12-11-23(21)24/h1,8-17,30,38-40H,18-19H2,2-6H3,(H,36,37)/t30-/m0/s1. The first kappa shape index (κ1) is 28.5. The van der Waals surface area contributed by atoms with Gasteiger partial charge in [0.2, 0.25) is 0 Å². The molecule has 0 bridgehead atoms. The summed E-state index contributed by atoms with van der Waals surface area (Å²) in [6.45, 7) is 10.3. The molecule has 0 radical (unpaired) electrons. The van der Waals surface area contributed by atoms with E-state index >= 15 is 0 Å². The molecule has 4 N–H and O–H groups in total. The molecule has 0 unspecified atom stereocenters. The molecule has 1 aliphatic heterocycles. The second kappa shape index (κ2) is 11.1. The average molecular weight is 572 g/mol. The van der Waals surface area contributed by atoms with Crippen molar-refractivity contribution in [1.82, 2.24) is 25.9 Å². The number of nitrogens with zero attached hydrogens (tertiary/aromatic N) is 3. The van der Waals surface area contributed by atoms with Crippen LogP contribution in [-0.2, 0) is 0 Å². The fraction of sp³-hybridized carbons (Fsp3) is 0.312. The Hall–Kier alpha value is -4.06. The molecule has 9 heteroatoms. The molecule has 5 rings (SSSR count). The minimum Gasteiger partial charge on any atom is -0.383 e. The topological polar surface area (TPSA) is 77.1 Å². The van der Waals surface area contributed by atoms with Crippen LogP contribution in [-0.4, -0.2) is 33.7 Å². The number of hydrazine groups is 2. The quantitative estimate of drug-likeness (QED) is 0.171. The molecular weight excluding hydrogens is 537 g/mol. The first-order chi connectivity index (χ1) is 19.5. The molecule has 41 heavy (non-hydrogen) atoms. The third kappa shape index (κ3) is 5.88. The Morgan fingerprint density at radius 1 is 1.12 bits per heavy atom. The zero-order chi connectivity index (χ0) is 29.4. The van der Waals surface area contributed by atoms with Crippen molar-refractivity contribution >= 4 is 44.7 Å². The predicted molar refractivity (Wildman–Crippen MR) is 167 cm³/mol. The van der Waals surface area contributed by atoms with E-state index in [-0.39, 0.29) is 11.5 Å². The van der Waals surface area contributed by atoms with Crippen molar-refractivity contribution in [1.29, 1.82) is 0 Å². The van der Waals surface area contributed by atoms with Gasteiger partial charge in [0.05, 0.1) is 39.1 Å². The highest BCUT2D eigenvalue weighted by atomic mass is 35.5. The summed E-state index contributed by atoms with van der Waals surface area (Å²) in [5.41, 5.74) is 10.4. The van der Waals surface area contributed by atoms with Crippen molar-refractivity contribution in [3.8, 4) is 12.3 Å². The van der Waals surface area contributed by atoms with Crippen molar-refractivity contribution in [3.63, 3.8) is 0 Å². The molecular formula is C32H35ClFN7. The van der Waals surface area contributed by atoms with Crippen LogP contribution in [0.25, 0.3) is 21.7 Å². The number of aromatic nitrogens is 2. The molecule has 0 saturated carbocycles. The second-order valence-electron chi connectivity index (χ2n) is 12.1. The Kier molecular flexibility index (Phi) is 7.69. The summed E-state index contributed by atoms with van der Waals surface area (Å²) in [6, 6.07) is 11.6. The number of benzene rings is 2. The highest BCUT2D eigenvalue weighted by Crippen LogP contribution is 2.37. The maximum Gasteiger partial charge on any atom is 0.114 e. The Bertz CT molecular complexity index is 1660. The Morgan fingerprint density at radius 3 is 2.66 bits per heavy atom. The SMILES string of the molecule is C#Cc1cnc2c(Cl)cc(N[C@H](C3=CN(C(C)(C)CF)NN3)c3cccc4cnccc34)cc2c1NCC(C)(C)C. The molecule has 3 heterocycles. The lowest BCUT2D eigenvalue weighted by atomic mass is 9.96. The molecule has 2 aromatic carbocycles. The van der Waals surface area contributed by atoms with E-state index in [4.69, 9.17) is 18.0 Å². The number of fused-ring (bicyclic) bond motifs is 2. The molecule has 0 fully saturated rings. The summed E-state index contributed by atoms with van der Waals surface area (Å²) in [5, 5.41) is 12.4. The largest absolute Gasteiger partial charge is 0.383 e. The van der Waals surface area contributed by atoms with Gasteiger partial charge in [0.1, 0.15) is 6.67 Å². The summed E-state index contributed by atoms with van der Waals surface area (Å²) in [5.74, 6) is 2.76. The van der Waals surface area contributed by atoms with Crippen LogP contribution < -0.4 is 21.6 Å². The van der Waals surface area contributed by atoms with E-state index in [0.717, 1.165) is 38.8 Å². The van der Waals surface area contributed by atoms with Gasteiger partial charge in [-0.1, -0.05) is 56.5 Å². The van der Waals surface area contributed by atoms with E-state index in [0.29, 0.717) is 22.6 Å². The van der Waals surface area contributed by atoms with E-state index in [1.165, 1.54) is 0 Å². The van der Waals surface area contributed by atoms with Crippen molar-refractivity contribution in [2.24, 2.45) is 5.41 Å². The summed E-state index contributed by atoms with van der Waals surface area (Å²) >= 11 is 6.82. The lowest BCUT2D eigenvalue weighted by molar-refractivity contribution is 0.0936. The van der Waals surface area contributed by atoms with Gasteiger partial charge in [-0.25, -0.2) is 4.39 Å². The molecule has 212 valence electrons. The molecule has 2 aromatic heterocycles. The number of terminal acetylenes is 1. The fourth-order valence-corrected chi connectivity index (χ4v) is 5.02. The maximum atomic E-state index is 13.9. The van der Waals surface area contributed by atoms with Gasteiger partial charge in [-0.15, -0.1) is 12.0 Å². The highest BCUT2D eigenvalue weighted by Gasteiger charge is 2.32. The number of alkyl halides is 1. The normalized spacial score (nSPS) is 14.5. The lowest BCUT2D eigenvalue weighted by Gasteiger charge is -2.31. The molecule has 0 spiro atoms. The Morgan fingerprint density at radius 2 is 1.93 bits per heavy atom. The number of pyridine rings is 2. The molecule has 1 aliphatic rings. The highest BCUT2D eigenvalue weighted by molar-refractivity contribution is 6.35. The van der Waals surface area contributed by atoms with E-state index in [2.05, 4.69) is 64.3 Å². The summed E-state index contributed by atoms with van der Waals surface area (Å²) in [4.78, 5) is 8.87. The molecule has 1 atom stereocenters. The summed E-state index contributed by atoms with van der Waals surface area (Å²) < 4.78 is 13.9. The van der Waals surface area contributed by atoms with Crippen LogP contribution in [0, 0.1) is 17.8 Å². The van der Waals surface area contributed by atoms with Gasteiger partial charge in [0.15, 0.2) is 0 Å². The minimum atomic E-state index is -0.751. The number of rotatable bonds is 8. The van der Waals surface area contributed by atoms with Gasteiger partial charge >= 0.3 is 0 Å². The molecule has 4 aromatic rings. The second-order valence-corrected chi connectivity index (χ2v) is 12.5. The smallest absolute Gasteiger partial charge is 0.114 e. The first-order valence-corrected chi connectivity index (χ1v) is 13.9. The lowest BCUT2D eigenvalue weighted by Crippen LogP contribution is -2.50. The monoisotopic (exact) mass is 571 g/mol. The molecule has 0 aliphatic carbocycles. The summed E-state index contributed by atoms with van der Waals surface area (Å²) in [6.07, 6.45) is 13.1. The van der Waals surface area contributed by atoms with Gasteiger partial charge in [-0.05, 0) is 48.4 Å². The maximum absolute atomic E-state index is 13.9. The molecule has 0 saturated heterocycles. The number of halogens is 2. The predicted octanol–water partition coefficient (Wildman–Crippen LogP) is 6.94. The van der Waals surface area contributed by atoms with Crippen LogP contribution >= 0.6 is 11.6 Å². The van der Waals surface area contributed by atoms with E-state index in [9.17, 15) is 4.39 Å². The van der Waals surface area contributed by atoms with Crippen molar-refractivity contribution in [2.75, 3.05) is 23.9 Å². The molecule has 0 amide bonds. The van der Waals surface area contributed by atoms with Crippen molar-refractivity contribution in [2.45, 2.75) is 46.2 Å². The van der Waals surface area contributed by atoms with Gasteiger partial charge in [0, 0.05) is 47.8 Å². The van der Waals surface area contributed by atoms with E-state index < -0.39 is 12.2 Å². The zero-order valence-electron chi connectivity index (χ0n) is 23.9. The van der Waals surface area contributed by atoms with Gasteiger partial charge < -0.3 is 16.1 Å². The van der Waals surface area contributed by atoms with Gasteiger partial charge in [-0.3, -0.25) is 15.0 Å². The Balaban J connectivity index is 1.64. The number of hydrogen-bond acceptors (Lipinski definition) is 7. The van der Waals surface area contributed by atoms with E-state index in [1.54, 1.807) is 17.4 Å². The van der Waals surface area contributed by atoms with Crippen LogP contribution in [0.2, 0.25) is 5.02 Å². The van der Waals surface area contributed by atoms with Gasteiger partial charge in [0.25, 0.3) is 0 Å². The van der Waals surface area contributed by atoms with Crippen LogP contribution in [0.3, 0.4) is 0 Å². The van der Waals surface area contributed by atoms with Crippen LogP contribution in [0.15, 0.2) is 66.9 Å². The number of anilines is 2. The van der Waals surface area contributed by atoms with Crippen molar-refractivity contribution in [3.05, 3.63) is 83.0 Å². The number of nitrogens with one attached hydrogen (secondary N) is 4. The third-order valence-electron chi connectivity index (χ3n) is 7.09. The third-order valence-corrected chi connectivity index (χ3v) is 7.38. The van der Waals surface area contributed by atoms with E-state index in [1.807, 2.05) is 56.6 Å². The zero-order valence-corrected chi connectivity index (χ0v) is 24.7. The minimum absolute atomic E-state index is 0.0301. The molecule has 7 nitrogen and oxygen atoms in total. The van der Waals surface area contributed by atoms with Crippen molar-refractivity contribution < 1.29 is 4.39 Å². The summed E-state index contributed by atoms with van der Waals surface area (Å²) in [7, 11) is 0. The number of hydrogen-bond donors (Lipinski definition) is 4. The van der Waals surface area contributed by atoms with Crippen LogP contribution in [0.5, 0.6) is 0 Å².